The van der Waals surface area contributed by atoms with Crippen LogP contribution in [0.3, 0.4) is 0 Å². The molecule has 0 saturated heterocycles. The second kappa shape index (κ2) is 5.19. The van der Waals surface area contributed by atoms with Crippen LogP contribution in [-0.4, -0.2) is 12.5 Å². The average Bonchev–Trinajstić information content (AvgIpc) is 2.39. The van der Waals surface area contributed by atoms with Gasteiger partial charge in [-0.25, -0.2) is 0 Å². The Labute approximate surface area is 113 Å². The molecule has 1 atom stereocenters. The SMILES string of the molecule is C[C@@H](Br)[Si](C)(c1ccccc1)c1ccccc1. The van der Waals surface area contributed by atoms with Gasteiger partial charge in [0.1, 0.15) is 8.07 Å². The summed E-state index contributed by atoms with van der Waals surface area (Å²) >= 11 is 3.83. The van der Waals surface area contributed by atoms with E-state index in [1.807, 2.05) is 0 Å². The third-order valence-corrected chi connectivity index (χ3v) is 10.9. The molecule has 0 amide bonds. The van der Waals surface area contributed by atoms with Crippen molar-refractivity contribution < 1.29 is 0 Å². The highest BCUT2D eigenvalue weighted by Crippen LogP contribution is 2.16. The Morgan fingerprint density at radius 1 is 0.824 bits per heavy atom. The van der Waals surface area contributed by atoms with Crippen molar-refractivity contribution in [1.29, 1.82) is 0 Å². The lowest BCUT2D eigenvalue weighted by atomic mass is 10.4. The lowest BCUT2D eigenvalue weighted by Crippen LogP contribution is -2.61. The summed E-state index contributed by atoms with van der Waals surface area (Å²) in [6, 6.07) is 21.8. The van der Waals surface area contributed by atoms with Gasteiger partial charge in [0.25, 0.3) is 0 Å². The van der Waals surface area contributed by atoms with Crippen LogP contribution in [0.4, 0.5) is 0 Å². The van der Waals surface area contributed by atoms with Crippen molar-refractivity contribution in [3.63, 3.8) is 0 Å². The fourth-order valence-corrected chi connectivity index (χ4v) is 6.80. The first-order valence-corrected chi connectivity index (χ1v) is 9.40. The molecule has 0 N–H and O–H groups in total. The number of rotatable bonds is 3. The van der Waals surface area contributed by atoms with Gasteiger partial charge in [0.15, 0.2) is 0 Å². The van der Waals surface area contributed by atoms with E-state index >= 15 is 0 Å². The molecular weight excluding hydrogens is 288 g/mol. The van der Waals surface area contributed by atoms with Crippen LogP contribution in [0.15, 0.2) is 60.7 Å². The van der Waals surface area contributed by atoms with E-state index in [4.69, 9.17) is 0 Å². The molecule has 2 aromatic rings. The van der Waals surface area contributed by atoms with Crippen molar-refractivity contribution in [3.05, 3.63) is 60.7 Å². The first-order valence-electron chi connectivity index (χ1n) is 5.91. The third-order valence-electron chi connectivity index (χ3n) is 3.54. The lowest BCUT2D eigenvalue weighted by molar-refractivity contribution is 1.35. The van der Waals surface area contributed by atoms with Crippen LogP contribution in [0.25, 0.3) is 0 Å². The number of alkyl halides is 1. The number of halogens is 1. The molecule has 0 radical (unpaired) electrons. The monoisotopic (exact) mass is 304 g/mol. The second-order valence-corrected chi connectivity index (χ2v) is 11.2. The fourth-order valence-electron chi connectivity index (χ4n) is 2.19. The Kier molecular flexibility index (Phi) is 3.85. The average molecular weight is 305 g/mol. The number of hydrogen-bond acceptors (Lipinski definition) is 0. The molecule has 0 bridgehead atoms. The zero-order chi connectivity index (χ0) is 12.3. The normalized spacial score (nSPS) is 13.4. The standard InChI is InChI=1S/C15H17BrSi/c1-13(16)17(2,14-9-5-3-6-10-14)15-11-7-4-8-12-15/h3-13H,1-2H3/t13-/m0/s1. The van der Waals surface area contributed by atoms with Gasteiger partial charge in [0, 0.05) is 4.45 Å². The topological polar surface area (TPSA) is 0 Å². The van der Waals surface area contributed by atoms with E-state index in [0.29, 0.717) is 4.45 Å². The van der Waals surface area contributed by atoms with Crippen LogP contribution >= 0.6 is 15.9 Å². The van der Waals surface area contributed by atoms with Crippen LogP contribution in [0.5, 0.6) is 0 Å². The quantitative estimate of drug-likeness (QED) is 0.603. The minimum atomic E-state index is -1.66. The molecule has 0 saturated carbocycles. The Morgan fingerprint density at radius 2 is 1.18 bits per heavy atom. The highest BCUT2D eigenvalue weighted by molar-refractivity contribution is 9.10. The first kappa shape index (κ1) is 12.6. The van der Waals surface area contributed by atoms with E-state index in [1.54, 1.807) is 0 Å². The summed E-state index contributed by atoms with van der Waals surface area (Å²) in [5.41, 5.74) is 0. The van der Waals surface area contributed by atoms with Crippen LogP contribution in [-0.2, 0) is 0 Å². The Morgan fingerprint density at radius 3 is 1.47 bits per heavy atom. The van der Waals surface area contributed by atoms with Gasteiger partial charge in [0.05, 0.1) is 0 Å². The molecule has 0 spiro atoms. The summed E-state index contributed by atoms with van der Waals surface area (Å²) in [6.45, 7) is 4.70. The lowest BCUT2D eigenvalue weighted by Gasteiger charge is -2.31. The minimum Gasteiger partial charge on any atom is -0.0920 e. The molecule has 0 aliphatic rings. The van der Waals surface area contributed by atoms with Gasteiger partial charge in [-0.3, -0.25) is 0 Å². The van der Waals surface area contributed by atoms with Gasteiger partial charge < -0.3 is 0 Å². The zero-order valence-corrected chi connectivity index (χ0v) is 12.8. The van der Waals surface area contributed by atoms with Crippen molar-refractivity contribution in [2.24, 2.45) is 0 Å². The molecule has 2 rings (SSSR count). The van der Waals surface area contributed by atoms with Crippen molar-refractivity contribution in [3.8, 4) is 0 Å². The molecule has 88 valence electrons. The molecule has 0 fully saturated rings. The molecular formula is C15H17BrSi. The number of hydrogen-bond donors (Lipinski definition) is 0. The smallest absolute Gasteiger partial charge is 0.0920 e. The van der Waals surface area contributed by atoms with Gasteiger partial charge in [-0.05, 0) is 0 Å². The Balaban J connectivity index is 2.55. The molecule has 17 heavy (non-hydrogen) atoms. The van der Waals surface area contributed by atoms with Gasteiger partial charge in [-0.1, -0.05) is 100 Å². The van der Waals surface area contributed by atoms with Crippen molar-refractivity contribution in [2.45, 2.75) is 17.9 Å². The van der Waals surface area contributed by atoms with Gasteiger partial charge in [-0.2, -0.15) is 0 Å². The van der Waals surface area contributed by atoms with E-state index in [1.165, 1.54) is 10.4 Å². The van der Waals surface area contributed by atoms with Crippen LogP contribution < -0.4 is 10.4 Å². The molecule has 0 heterocycles. The van der Waals surface area contributed by atoms with E-state index < -0.39 is 8.07 Å². The van der Waals surface area contributed by atoms with E-state index in [-0.39, 0.29) is 0 Å². The van der Waals surface area contributed by atoms with E-state index in [2.05, 4.69) is 90.1 Å². The van der Waals surface area contributed by atoms with Gasteiger partial charge >= 0.3 is 0 Å². The fraction of sp³-hybridized carbons (Fsp3) is 0.200. The third kappa shape index (κ3) is 2.38. The summed E-state index contributed by atoms with van der Waals surface area (Å²) in [5, 5.41) is 2.96. The molecule has 2 heteroatoms. The molecule has 0 aliphatic heterocycles. The van der Waals surface area contributed by atoms with Gasteiger partial charge in [0.2, 0.25) is 0 Å². The van der Waals surface area contributed by atoms with Crippen LogP contribution in [0, 0.1) is 0 Å². The van der Waals surface area contributed by atoms with Gasteiger partial charge in [-0.15, -0.1) is 0 Å². The minimum absolute atomic E-state index is 0.514. The molecule has 0 nitrogen and oxygen atoms in total. The van der Waals surface area contributed by atoms with Crippen LogP contribution in [0.2, 0.25) is 6.55 Å². The molecule has 0 unspecified atom stereocenters. The van der Waals surface area contributed by atoms with Crippen molar-refractivity contribution in [2.75, 3.05) is 0 Å². The summed E-state index contributed by atoms with van der Waals surface area (Å²) in [4.78, 5) is 0. The molecule has 2 aromatic carbocycles. The number of benzene rings is 2. The maximum Gasteiger partial charge on any atom is 0.128 e. The van der Waals surface area contributed by atoms with E-state index in [9.17, 15) is 0 Å². The highest BCUT2D eigenvalue weighted by atomic mass is 79.9. The first-order chi connectivity index (χ1) is 8.15. The summed E-state index contributed by atoms with van der Waals surface area (Å²) in [7, 11) is -1.66. The maximum atomic E-state index is 3.83. The maximum absolute atomic E-state index is 3.83. The van der Waals surface area contributed by atoms with Crippen molar-refractivity contribution in [1.82, 2.24) is 0 Å². The summed E-state index contributed by atoms with van der Waals surface area (Å²) in [5.74, 6) is 0. The summed E-state index contributed by atoms with van der Waals surface area (Å²) < 4.78 is 0.514. The second-order valence-electron chi connectivity index (χ2n) is 4.55. The molecule has 0 aliphatic carbocycles. The Hall–Kier alpha value is -0.863. The van der Waals surface area contributed by atoms with Crippen LogP contribution in [0.1, 0.15) is 6.92 Å². The van der Waals surface area contributed by atoms with Crippen molar-refractivity contribution >= 4 is 34.4 Å². The predicted octanol–water partition coefficient (Wildman–Crippen LogP) is 3.20. The molecule has 0 aromatic heterocycles. The largest absolute Gasteiger partial charge is 0.128 e. The van der Waals surface area contributed by atoms with E-state index in [0.717, 1.165) is 0 Å². The zero-order valence-electron chi connectivity index (χ0n) is 10.2. The predicted molar refractivity (Wildman–Crippen MR) is 82.2 cm³/mol. The highest BCUT2D eigenvalue weighted by Gasteiger charge is 2.35. The summed E-state index contributed by atoms with van der Waals surface area (Å²) in [6.07, 6.45) is 0. The Bertz CT molecular complexity index is 425.